The summed E-state index contributed by atoms with van der Waals surface area (Å²) in [5, 5.41) is 8.78. The van der Waals surface area contributed by atoms with E-state index >= 15 is 0 Å². The molecule has 0 unspecified atom stereocenters. The maximum Gasteiger partial charge on any atom is 0.228 e. The highest BCUT2D eigenvalue weighted by Crippen LogP contribution is 2.28. The molecule has 0 atom stereocenters. The van der Waals surface area contributed by atoms with Crippen molar-refractivity contribution in [2.45, 2.75) is 17.9 Å². The molecule has 9 heteroatoms. The SMILES string of the molecule is CS(=O)(=O)c1cc(NC(=O)Cc2ccccc2Cl)cc2c1cnn2Cc1ccc(Cl)cc1. The molecule has 0 bridgehead atoms. The Morgan fingerprint density at radius 1 is 1.06 bits per heavy atom. The summed E-state index contributed by atoms with van der Waals surface area (Å²) < 4.78 is 26.6. The van der Waals surface area contributed by atoms with E-state index in [-0.39, 0.29) is 17.2 Å². The summed E-state index contributed by atoms with van der Waals surface area (Å²) in [6, 6.07) is 17.6. The molecule has 164 valence electrons. The fourth-order valence-electron chi connectivity index (χ4n) is 3.43. The number of hydrogen-bond acceptors (Lipinski definition) is 4. The maximum absolute atomic E-state index is 12.6. The fraction of sp³-hybridized carbons (Fsp3) is 0.130. The lowest BCUT2D eigenvalue weighted by Crippen LogP contribution is -2.15. The van der Waals surface area contributed by atoms with E-state index in [2.05, 4.69) is 10.4 Å². The molecule has 1 N–H and O–H groups in total. The van der Waals surface area contributed by atoms with Gasteiger partial charge in [-0.1, -0.05) is 53.5 Å². The second-order valence-electron chi connectivity index (χ2n) is 7.42. The summed E-state index contributed by atoms with van der Waals surface area (Å²) in [5.74, 6) is -0.305. The minimum atomic E-state index is -3.56. The third-order valence-electron chi connectivity index (χ3n) is 4.96. The van der Waals surface area contributed by atoms with Crippen molar-refractivity contribution in [3.8, 4) is 0 Å². The topological polar surface area (TPSA) is 81.1 Å². The second-order valence-corrected chi connectivity index (χ2v) is 10.3. The molecule has 32 heavy (non-hydrogen) atoms. The zero-order valence-corrected chi connectivity index (χ0v) is 19.4. The van der Waals surface area contributed by atoms with Gasteiger partial charge in [-0.15, -0.1) is 0 Å². The Hall–Kier alpha value is -2.87. The quantitative estimate of drug-likeness (QED) is 0.415. The van der Waals surface area contributed by atoms with E-state index in [1.165, 1.54) is 12.3 Å². The van der Waals surface area contributed by atoms with Crippen molar-refractivity contribution in [2.75, 3.05) is 11.6 Å². The lowest BCUT2D eigenvalue weighted by Gasteiger charge is -2.11. The molecule has 1 aromatic heterocycles. The van der Waals surface area contributed by atoms with E-state index in [9.17, 15) is 13.2 Å². The van der Waals surface area contributed by atoms with Gasteiger partial charge in [0.2, 0.25) is 5.91 Å². The van der Waals surface area contributed by atoms with Crippen LogP contribution < -0.4 is 5.32 Å². The predicted octanol–water partition coefficient (Wildman–Crippen LogP) is 4.98. The maximum atomic E-state index is 12.6. The van der Waals surface area contributed by atoms with Crippen molar-refractivity contribution in [1.82, 2.24) is 9.78 Å². The number of carbonyl (C=O) groups excluding carboxylic acids is 1. The highest BCUT2D eigenvalue weighted by molar-refractivity contribution is 7.91. The fourth-order valence-corrected chi connectivity index (χ4v) is 4.66. The number of rotatable bonds is 6. The van der Waals surface area contributed by atoms with Crippen LogP contribution in [0.5, 0.6) is 0 Å². The molecule has 3 aromatic carbocycles. The summed E-state index contributed by atoms with van der Waals surface area (Å²) >= 11 is 12.1. The van der Waals surface area contributed by atoms with E-state index in [4.69, 9.17) is 23.2 Å². The lowest BCUT2D eigenvalue weighted by atomic mass is 10.1. The van der Waals surface area contributed by atoms with Crippen molar-refractivity contribution < 1.29 is 13.2 Å². The first kappa shape index (κ1) is 22.3. The molecule has 0 saturated heterocycles. The van der Waals surface area contributed by atoms with Crippen LogP contribution in [0.1, 0.15) is 11.1 Å². The van der Waals surface area contributed by atoms with Crippen molar-refractivity contribution in [3.63, 3.8) is 0 Å². The number of nitrogens with zero attached hydrogens (tertiary/aromatic N) is 2. The van der Waals surface area contributed by atoms with Gasteiger partial charge in [0, 0.05) is 27.4 Å². The van der Waals surface area contributed by atoms with E-state index in [0.717, 1.165) is 11.8 Å². The number of aromatic nitrogens is 2. The van der Waals surface area contributed by atoms with Crippen LogP contribution in [-0.4, -0.2) is 30.4 Å². The number of sulfone groups is 1. The number of anilines is 1. The number of carbonyl (C=O) groups is 1. The van der Waals surface area contributed by atoms with Crippen LogP contribution in [0.4, 0.5) is 5.69 Å². The summed E-state index contributed by atoms with van der Waals surface area (Å²) in [6.45, 7) is 0.418. The molecule has 1 amide bonds. The van der Waals surface area contributed by atoms with Gasteiger partial charge in [-0.05, 0) is 41.5 Å². The third-order valence-corrected chi connectivity index (χ3v) is 6.72. The largest absolute Gasteiger partial charge is 0.326 e. The van der Waals surface area contributed by atoms with Gasteiger partial charge in [0.25, 0.3) is 0 Å². The number of halogens is 2. The third kappa shape index (κ3) is 4.96. The first-order chi connectivity index (χ1) is 15.2. The molecule has 0 aliphatic rings. The predicted molar refractivity (Wildman–Crippen MR) is 127 cm³/mol. The van der Waals surface area contributed by atoms with Crippen molar-refractivity contribution in [1.29, 1.82) is 0 Å². The molecular weight excluding hydrogens is 469 g/mol. The van der Waals surface area contributed by atoms with Gasteiger partial charge in [0.15, 0.2) is 9.84 Å². The zero-order chi connectivity index (χ0) is 22.9. The molecule has 0 radical (unpaired) electrons. The van der Waals surface area contributed by atoms with Gasteiger partial charge in [0.05, 0.1) is 29.6 Å². The molecule has 0 fully saturated rings. The number of nitrogens with one attached hydrogen (secondary N) is 1. The van der Waals surface area contributed by atoms with Crippen LogP contribution in [0, 0.1) is 0 Å². The normalized spacial score (nSPS) is 11.6. The zero-order valence-electron chi connectivity index (χ0n) is 17.0. The van der Waals surface area contributed by atoms with Crippen molar-refractivity contribution in [2.24, 2.45) is 0 Å². The molecular formula is C23H19Cl2N3O3S. The molecule has 0 aliphatic heterocycles. The Morgan fingerprint density at radius 2 is 1.78 bits per heavy atom. The lowest BCUT2D eigenvalue weighted by molar-refractivity contribution is -0.115. The van der Waals surface area contributed by atoms with Crippen molar-refractivity contribution >= 4 is 55.5 Å². The van der Waals surface area contributed by atoms with Crippen LogP contribution >= 0.6 is 23.2 Å². The van der Waals surface area contributed by atoms with Crippen LogP contribution in [0.15, 0.2) is 71.8 Å². The van der Waals surface area contributed by atoms with Gasteiger partial charge >= 0.3 is 0 Å². The Morgan fingerprint density at radius 3 is 2.47 bits per heavy atom. The summed E-state index contributed by atoms with van der Waals surface area (Å²) in [5.41, 5.74) is 2.60. The van der Waals surface area contributed by atoms with Crippen LogP contribution in [0.2, 0.25) is 10.0 Å². The average Bonchev–Trinajstić information content (AvgIpc) is 3.12. The second kappa shape index (κ2) is 8.94. The first-order valence-electron chi connectivity index (χ1n) is 9.68. The summed E-state index contributed by atoms with van der Waals surface area (Å²) in [7, 11) is -3.56. The molecule has 4 rings (SSSR count). The van der Waals surface area contributed by atoms with Gasteiger partial charge < -0.3 is 5.32 Å². The van der Waals surface area contributed by atoms with E-state index in [1.54, 1.807) is 47.1 Å². The molecule has 0 aliphatic carbocycles. The minimum Gasteiger partial charge on any atom is -0.326 e. The highest BCUT2D eigenvalue weighted by atomic mass is 35.5. The van der Waals surface area contributed by atoms with Crippen LogP contribution in [-0.2, 0) is 27.6 Å². The number of hydrogen-bond donors (Lipinski definition) is 1. The average molecular weight is 488 g/mol. The Labute approximate surface area is 195 Å². The summed E-state index contributed by atoms with van der Waals surface area (Å²) in [4.78, 5) is 12.7. The molecule has 0 spiro atoms. The monoisotopic (exact) mass is 487 g/mol. The molecule has 1 heterocycles. The minimum absolute atomic E-state index is 0.0654. The number of fused-ring (bicyclic) bond motifs is 1. The Kier molecular flexibility index (Phi) is 6.24. The van der Waals surface area contributed by atoms with Gasteiger partial charge in [-0.2, -0.15) is 5.10 Å². The van der Waals surface area contributed by atoms with E-state index in [0.29, 0.717) is 38.7 Å². The smallest absolute Gasteiger partial charge is 0.228 e. The molecule has 4 aromatic rings. The van der Waals surface area contributed by atoms with Crippen LogP contribution in [0.25, 0.3) is 10.9 Å². The van der Waals surface area contributed by atoms with Gasteiger partial charge in [-0.25, -0.2) is 8.42 Å². The van der Waals surface area contributed by atoms with E-state index < -0.39 is 9.84 Å². The Bertz CT molecular complexity index is 1410. The van der Waals surface area contributed by atoms with Gasteiger partial charge in [-0.3, -0.25) is 9.48 Å². The molecule has 6 nitrogen and oxygen atoms in total. The standard InChI is InChI=1S/C23H19Cl2N3O3S/c1-32(30,31)22-12-18(27-23(29)10-16-4-2-3-5-20(16)25)11-21-19(22)13-26-28(21)14-15-6-8-17(24)9-7-15/h2-9,11-13H,10,14H2,1H3,(H,27,29). The highest BCUT2D eigenvalue weighted by Gasteiger charge is 2.18. The Balaban J connectivity index is 1.70. The van der Waals surface area contributed by atoms with Crippen molar-refractivity contribution in [3.05, 3.63) is 88.0 Å². The van der Waals surface area contributed by atoms with E-state index in [1.807, 2.05) is 12.1 Å². The number of benzene rings is 3. The summed E-state index contributed by atoms with van der Waals surface area (Å²) in [6.07, 6.45) is 2.72. The van der Waals surface area contributed by atoms with Crippen LogP contribution in [0.3, 0.4) is 0 Å². The van der Waals surface area contributed by atoms with Gasteiger partial charge in [0.1, 0.15) is 0 Å². The first-order valence-corrected chi connectivity index (χ1v) is 12.3. The number of amides is 1. The molecule has 0 saturated carbocycles.